The third-order valence-corrected chi connectivity index (χ3v) is 5.70. The number of nitrogens with one attached hydrogen (secondary N) is 2. The van der Waals surface area contributed by atoms with Gasteiger partial charge in [0.05, 0.1) is 18.9 Å². The summed E-state index contributed by atoms with van der Waals surface area (Å²) in [6.07, 6.45) is 0. The summed E-state index contributed by atoms with van der Waals surface area (Å²) in [7, 11) is 1.63. The van der Waals surface area contributed by atoms with E-state index in [9.17, 15) is 4.79 Å². The van der Waals surface area contributed by atoms with Crippen LogP contribution in [0.15, 0.2) is 58.9 Å². The number of amides is 1. The maximum absolute atomic E-state index is 12.2. The Labute approximate surface area is 166 Å². The molecule has 6 nitrogen and oxygen atoms in total. The zero-order chi connectivity index (χ0) is 19.1. The van der Waals surface area contributed by atoms with Crippen molar-refractivity contribution >= 4 is 39.8 Å². The molecule has 27 heavy (non-hydrogen) atoms. The van der Waals surface area contributed by atoms with Crippen LogP contribution < -0.4 is 15.4 Å². The van der Waals surface area contributed by atoms with Gasteiger partial charge in [0, 0.05) is 11.8 Å². The lowest BCUT2D eigenvalue weighted by molar-refractivity contribution is -0.119. The van der Waals surface area contributed by atoms with Crippen molar-refractivity contribution in [1.82, 2.24) is 15.5 Å². The van der Waals surface area contributed by atoms with E-state index in [-0.39, 0.29) is 11.9 Å². The molecule has 1 atom stereocenters. The summed E-state index contributed by atoms with van der Waals surface area (Å²) in [6.45, 7) is 1.97. The molecule has 0 spiro atoms. The molecule has 1 amide bonds. The summed E-state index contributed by atoms with van der Waals surface area (Å²) >= 11 is 2.78. The minimum absolute atomic E-state index is 0.0287. The predicted molar refractivity (Wildman–Crippen MR) is 110 cm³/mol. The van der Waals surface area contributed by atoms with Gasteiger partial charge in [-0.2, -0.15) is 0 Å². The van der Waals surface area contributed by atoms with Gasteiger partial charge in [0.25, 0.3) is 0 Å². The number of hydrogen-bond acceptors (Lipinski definition) is 7. The summed E-state index contributed by atoms with van der Waals surface area (Å²) in [5, 5.41) is 15.1. The van der Waals surface area contributed by atoms with E-state index in [0.717, 1.165) is 21.3 Å². The van der Waals surface area contributed by atoms with Crippen LogP contribution in [0, 0.1) is 0 Å². The van der Waals surface area contributed by atoms with Crippen molar-refractivity contribution in [2.24, 2.45) is 0 Å². The van der Waals surface area contributed by atoms with Crippen molar-refractivity contribution in [1.29, 1.82) is 0 Å². The molecule has 0 aliphatic carbocycles. The lowest BCUT2D eigenvalue weighted by atomic mass is 10.1. The summed E-state index contributed by atoms with van der Waals surface area (Å²) in [4.78, 5) is 12.2. The van der Waals surface area contributed by atoms with Crippen molar-refractivity contribution < 1.29 is 9.53 Å². The van der Waals surface area contributed by atoms with Gasteiger partial charge in [-0.1, -0.05) is 59.5 Å². The molecule has 1 aromatic heterocycles. The van der Waals surface area contributed by atoms with Crippen molar-refractivity contribution in [2.75, 3.05) is 18.2 Å². The molecule has 0 aliphatic rings. The van der Waals surface area contributed by atoms with Crippen LogP contribution in [-0.4, -0.2) is 29.0 Å². The smallest absolute Gasteiger partial charge is 0.230 e. The number of aromatic nitrogens is 2. The lowest BCUT2D eigenvalue weighted by Gasteiger charge is -2.13. The number of anilines is 2. The zero-order valence-electron chi connectivity index (χ0n) is 15.0. The number of methoxy groups -OCH3 is 1. The number of hydrogen-bond donors (Lipinski definition) is 2. The third kappa shape index (κ3) is 5.70. The second-order valence-electron chi connectivity index (χ2n) is 5.72. The van der Waals surface area contributed by atoms with Crippen LogP contribution in [0.25, 0.3) is 0 Å². The average molecular weight is 401 g/mol. The van der Waals surface area contributed by atoms with Crippen LogP contribution in [-0.2, 0) is 4.79 Å². The molecule has 3 rings (SSSR count). The van der Waals surface area contributed by atoms with E-state index in [1.807, 2.05) is 61.5 Å². The summed E-state index contributed by atoms with van der Waals surface area (Å²) in [5.74, 6) is 1.03. The quantitative estimate of drug-likeness (QED) is 0.550. The molecular formula is C19H20N4O2S2. The highest BCUT2D eigenvalue weighted by Crippen LogP contribution is 2.28. The van der Waals surface area contributed by atoms with Gasteiger partial charge >= 0.3 is 0 Å². The molecule has 140 valence electrons. The molecular weight excluding hydrogens is 380 g/mol. The van der Waals surface area contributed by atoms with Gasteiger partial charge in [-0.15, -0.1) is 10.2 Å². The van der Waals surface area contributed by atoms with Crippen LogP contribution in [0.4, 0.5) is 10.8 Å². The highest BCUT2D eigenvalue weighted by Gasteiger charge is 2.12. The fourth-order valence-electron chi connectivity index (χ4n) is 2.38. The first-order valence-electron chi connectivity index (χ1n) is 8.36. The number of benzene rings is 2. The van der Waals surface area contributed by atoms with Crippen LogP contribution in [0.5, 0.6) is 5.75 Å². The topological polar surface area (TPSA) is 76.1 Å². The number of ether oxygens (including phenoxy) is 1. The fraction of sp³-hybridized carbons (Fsp3) is 0.211. The van der Waals surface area contributed by atoms with Gasteiger partial charge < -0.3 is 15.4 Å². The Morgan fingerprint density at radius 2 is 2.00 bits per heavy atom. The Hall–Kier alpha value is -2.58. The number of carbonyl (C=O) groups is 1. The summed E-state index contributed by atoms with van der Waals surface area (Å²) in [5.41, 5.74) is 1.95. The molecule has 2 aromatic carbocycles. The fourth-order valence-corrected chi connectivity index (χ4v) is 3.96. The maximum Gasteiger partial charge on any atom is 0.230 e. The van der Waals surface area contributed by atoms with Gasteiger partial charge in [0.15, 0.2) is 4.34 Å². The Bertz CT molecular complexity index is 886. The highest BCUT2D eigenvalue weighted by atomic mass is 32.2. The first kappa shape index (κ1) is 19.2. The number of carbonyl (C=O) groups excluding carboxylic acids is 1. The minimum Gasteiger partial charge on any atom is -0.497 e. The highest BCUT2D eigenvalue weighted by molar-refractivity contribution is 8.01. The normalized spacial score (nSPS) is 11.6. The van der Waals surface area contributed by atoms with Crippen molar-refractivity contribution in [3.63, 3.8) is 0 Å². The molecule has 1 heterocycles. The predicted octanol–water partition coefficient (Wildman–Crippen LogP) is 4.26. The number of nitrogens with zero attached hydrogens (tertiary/aromatic N) is 2. The van der Waals surface area contributed by atoms with Crippen molar-refractivity contribution in [2.45, 2.75) is 17.3 Å². The first-order chi connectivity index (χ1) is 13.1. The third-order valence-electron chi connectivity index (χ3n) is 3.73. The summed E-state index contributed by atoms with van der Waals surface area (Å²) in [6, 6.07) is 17.4. The van der Waals surface area contributed by atoms with Crippen molar-refractivity contribution in [3.8, 4) is 5.75 Å². The molecule has 0 saturated heterocycles. The monoisotopic (exact) mass is 400 g/mol. The minimum atomic E-state index is -0.0335. The summed E-state index contributed by atoms with van der Waals surface area (Å²) < 4.78 is 5.94. The second kappa shape index (κ2) is 9.38. The van der Waals surface area contributed by atoms with Gasteiger partial charge in [0.1, 0.15) is 5.75 Å². The SMILES string of the molecule is COc1cccc(Nc2nnc(SCC(=O)NC(C)c3ccccc3)s2)c1. The van der Waals surface area contributed by atoms with E-state index in [2.05, 4.69) is 20.8 Å². The Balaban J connectivity index is 1.49. The molecule has 0 fully saturated rings. The van der Waals surface area contributed by atoms with Gasteiger partial charge in [0.2, 0.25) is 11.0 Å². The van der Waals surface area contributed by atoms with E-state index < -0.39 is 0 Å². The Morgan fingerprint density at radius 1 is 1.19 bits per heavy atom. The molecule has 2 N–H and O–H groups in total. The molecule has 1 unspecified atom stereocenters. The molecule has 0 bridgehead atoms. The van der Waals surface area contributed by atoms with Crippen LogP contribution in [0.2, 0.25) is 0 Å². The number of thioether (sulfide) groups is 1. The van der Waals surface area contributed by atoms with Gasteiger partial charge in [-0.3, -0.25) is 4.79 Å². The largest absolute Gasteiger partial charge is 0.497 e. The number of rotatable bonds is 8. The zero-order valence-corrected chi connectivity index (χ0v) is 16.6. The van der Waals surface area contributed by atoms with E-state index in [0.29, 0.717) is 10.9 Å². The Morgan fingerprint density at radius 3 is 2.78 bits per heavy atom. The second-order valence-corrected chi connectivity index (χ2v) is 7.92. The molecule has 3 aromatic rings. The van der Waals surface area contributed by atoms with Crippen LogP contribution in [0.1, 0.15) is 18.5 Å². The van der Waals surface area contributed by atoms with E-state index in [1.54, 1.807) is 7.11 Å². The first-order valence-corrected chi connectivity index (χ1v) is 10.2. The molecule has 8 heteroatoms. The van der Waals surface area contributed by atoms with E-state index >= 15 is 0 Å². The van der Waals surface area contributed by atoms with E-state index in [4.69, 9.17) is 4.74 Å². The molecule has 0 radical (unpaired) electrons. The van der Waals surface area contributed by atoms with Crippen LogP contribution in [0.3, 0.4) is 0 Å². The van der Waals surface area contributed by atoms with Crippen molar-refractivity contribution in [3.05, 3.63) is 60.2 Å². The van der Waals surface area contributed by atoms with Gasteiger partial charge in [-0.05, 0) is 24.6 Å². The Kier molecular flexibility index (Phi) is 6.67. The molecule has 0 saturated carbocycles. The average Bonchev–Trinajstić information content (AvgIpc) is 3.14. The van der Waals surface area contributed by atoms with Crippen LogP contribution >= 0.6 is 23.1 Å². The molecule has 0 aliphatic heterocycles. The van der Waals surface area contributed by atoms with Gasteiger partial charge in [-0.25, -0.2) is 0 Å². The lowest BCUT2D eigenvalue weighted by Crippen LogP contribution is -2.28. The van der Waals surface area contributed by atoms with E-state index in [1.165, 1.54) is 23.1 Å². The standard InChI is InChI=1S/C19H20N4O2S2/c1-13(14-7-4-3-5-8-14)20-17(24)12-26-19-23-22-18(27-19)21-15-9-6-10-16(11-15)25-2/h3-11,13H,12H2,1-2H3,(H,20,24)(H,21,22). The maximum atomic E-state index is 12.2.